The maximum absolute atomic E-state index is 11.9. The molecule has 2 aromatic carbocycles. The van der Waals surface area contributed by atoms with Crippen LogP contribution in [0.5, 0.6) is 11.5 Å². The van der Waals surface area contributed by atoms with Crippen LogP contribution in [0.4, 0.5) is 0 Å². The molecule has 1 N–H and O–H groups in total. The molecule has 3 rings (SSSR count). The highest BCUT2D eigenvalue weighted by Crippen LogP contribution is 2.38. The number of rotatable bonds is 5. The van der Waals surface area contributed by atoms with Crippen LogP contribution < -0.4 is 14.8 Å². The summed E-state index contributed by atoms with van der Waals surface area (Å²) >= 11 is 6.20. The molecule has 23 heavy (non-hydrogen) atoms. The summed E-state index contributed by atoms with van der Waals surface area (Å²) in [5.41, 5.74) is 2.02. The zero-order valence-electron chi connectivity index (χ0n) is 12.7. The molecule has 0 aromatic heterocycles. The average molecular weight is 332 g/mol. The summed E-state index contributed by atoms with van der Waals surface area (Å²) < 4.78 is 11.0. The second-order valence-corrected chi connectivity index (χ2v) is 5.77. The summed E-state index contributed by atoms with van der Waals surface area (Å²) in [6.07, 6.45) is 1.08. The molecular weight excluding hydrogens is 314 g/mol. The molecule has 0 radical (unpaired) electrons. The van der Waals surface area contributed by atoms with Gasteiger partial charge in [0.05, 0.1) is 11.4 Å². The van der Waals surface area contributed by atoms with Gasteiger partial charge in [0.1, 0.15) is 13.2 Å². The molecule has 120 valence electrons. The fourth-order valence-electron chi connectivity index (χ4n) is 2.50. The van der Waals surface area contributed by atoms with Gasteiger partial charge in [-0.15, -0.1) is 0 Å². The Balaban J connectivity index is 1.52. The number of hydrogen-bond donors (Lipinski definition) is 1. The minimum atomic E-state index is 0.0137. The van der Waals surface area contributed by atoms with E-state index in [4.69, 9.17) is 21.1 Å². The number of ether oxygens (including phenoxy) is 2. The Hall–Kier alpha value is -2.20. The molecule has 0 saturated carbocycles. The van der Waals surface area contributed by atoms with Gasteiger partial charge in [0.15, 0.2) is 11.5 Å². The third-order valence-electron chi connectivity index (χ3n) is 3.60. The first-order chi connectivity index (χ1) is 11.2. The van der Waals surface area contributed by atoms with Gasteiger partial charge in [-0.05, 0) is 29.7 Å². The van der Waals surface area contributed by atoms with E-state index < -0.39 is 0 Å². The Labute approximate surface area is 140 Å². The molecule has 1 amide bonds. The largest absolute Gasteiger partial charge is 0.486 e. The molecular formula is C18H18ClNO3. The molecule has 0 spiro atoms. The molecule has 0 fully saturated rings. The molecule has 2 aromatic rings. The van der Waals surface area contributed by atoms with Crippen LogP contribution in [0.1, 0.15) is 11.1 Å². The predicted molar refractivity (Wildman–Crippen MR) is 89.3 cm³/mol. The first kappa shape index (κ1) is 15.7. The zero-order chi connectivity index (χ0) is 16.1. The predicted octanol–water partition coefficient (Wildman–Crippen LogP) is 3.01. The van der Waals surface area contributed by atoms with Crippen molar-refractivity contribution in [1.82, 2.24) is 5.32 Å². The summed E-state index contributed by atoms with van der Waals surface area (Å²) in [5, 5.41) is 3.47. The molecule has 0 unspecified atom stereocenters. The number of amides is 1. The van der Waals surface area contributed by atoms with E-state index in [0.29, 0.717) is 49.1 Å². The van der Waals surface area contributed by atoms with Gasteiger partial charge in [0, 0.05) is 6.54 Å². The standard InChI is InChI=1S/C18H18ClNO3/c19-15-10-14(11-16-18(15)23-9-8-22-16)6-7-20-17(21)12-13-4-2-1-3-5-13/h1-5,10-11H,6-9,12H2,(H,20,21). The van der Waals surface area contributed by atoms with Crippen molar-refractivity contribution < 1.29 is 14.3 Å². The second kappa shape index (κ2) is 7.38. The van der Waals surface area contributed by atoms with E-state index in [1.807, 2.05) is 42.5 Å². The van der Waals surface area contributed by atoms with Crippen LogP contribution in [0.3, 0.4) is 0 Å². The van der Waals surface area contributed by atoms with Gasteiger partial charge in [0.2, 0.25) is 5.91 Å². The van der Waals surface area contributed by atoms with E-state index in [1.54, 1.807) is 0 Å². The molecule has 0 aliphatic carbocycles. The lowest BCUT2D eigenvalue weighted by atomic mass is 10.1. The fourth-order valence-corrected chi connectivity index (χ4v) is 2.79. The molecule has 5 heteroatoms. The first-order valence-corrected chi connectivity index (χ1v) is 7.99. The lowest BCUT2D eigenvalue weighted by molar-refractivity contribution is -0.120. The van der Waals surface area contributed by atoms with Crippen molar-refractivity contribution in [2.24, 2.45) is 0 Å². The summed E-state index contributed by atoms with van der Waals surface area (Å²) in [5.74, 6) is 1.30. The number of nitrogens with one attached hydrogen (secondary N) is 1. The molecule has 1 aliphatic rings. The van der Waals surface area contributed by atoms with E-state index in [1.165, 1.54) is 0 Å². The number of fused-ring (bicyclic) bond motifs is 1. The lowest BCUT2D eigenvalue weighted by Gasteiger charge is -2.20. The van der Waals surface area contributed by atoms with Crippen LogP contribution in [-0.4, -0.2) is 25.7 Å². The minimum Gasteiger partial charge on any atom is -0.486 e. The van der Waals surface area contributed by atoms with Gasteiger partial charge in [-0.3, -0.25) is 4.79 Å². The van der Waals surface area contributed by atoms with Crippen LogP contribution in [-0.2, 0) is 17.6 Å². The quantitative estimate of drug-likeness (QED) is 0.916. The summed E-state index contributed by atoms with van der Waals surface area (Å²) in [6.45, 7) is 1.60. The third kappa shape index (κ3) is 4.17. The minimum absolute atomic E-state index is 0.0137. The van der Waals surface area contributed by atoms with Gasteiger partial charge < -0.3 is 14.8 Å². The van der Waals surface area contributed by atoms with Gasteiger partial charge >= 0.3 is 0 Å². The fraction of sp³-hybridized carbons (Fsp3) is 0.278. The lowest BCUT2D eigenvalue weighted by Crippen LogP contribution is -2.27. The maximum Gasteiger partial charge on any atom is 0.224 e. The van der Waals surface area contributed by atoms with E-state index in [-0.39, 0.29) is 5.91 Å². The van der Waals surface area contributed by atoms with E-state index in [9.17, 15) is 4.79 Å². The number of halogens is 1. The van der Waals surface area contributed by atoms with Gasteiger partial charge in [0.25, 0.3) is 0 Å². The Morgan fingerprint density at radius 1 is 1.09 bits per heavy atom. The molecule has 0 atom stereocenters. The van der Waals surface area contributed by atoms with Gasteiger partial charge in [-0.25, -0.2) is 0 Å². The van der Waals surface area contributed by atoms with Crippen LogP contribution in [0.25, 0.3) is 0 Å². The topological polar surface area (TPSA) is 47.6 Å². The highest BCUT2D eigenvalue weighted by atomic mass is 35.5. The smallest absolute Gasteiger partial charge is 0.224 e. The summed E-state index contributed by atoms with van der Waals surface area (Å²) in [6, 6.07) is 13.5. The number of benzene rings is 2. The summed E-state index contributed by atoms with van der Waals surface area (Å²) in [7, 11) is 0. The van der Waals surface area contributed by atoms with Crippen LogP contribution in [0.15, 0.2) is 42.5 Å². The molecule has 1 heterocycles. The van der Waals surface area contributed by atoms with Crippen LogP contribution in [0, 0.1) is 0 Å². The number of hydrogen-bond acceptors (Lipinski definition) is 3. The van der Waals surface area contributed by atoms with Crippen molar-refractivity contribution in [3.63, 3.8) is 0 Å². The Kier molecular flexibility index (Phi) is 5.03. The van der Waals surface area contributed by atoms with Crippen molar-refractivity contribution >= 4 is 17.5 Å². The van der Waals surface area contributed by atoms with E-state index in [0.717, 1.165) is 11.1 Å². The summed E-state index contributed by atoms with van der Waals surface area (Å²) in [4.78, 5) is 11.9. The maximum atomic E-state index is 11.9. The Morgan fingerprint density at radius 2 is 1.87 bits per heavy atom. The SMILES string of the molecule is O=C(Cc1ccccc1)NCCc1cc(Cl)c2c(c1)OCCO2. The van der Waals surface area contributed by atoms with E-state index >= 15 is 0 Å². The Morgan fingerprint density at radius 3 is 2.70 bits per heavy atom. The van der Waals surface area contributed by atoms with Crippen molar-refractivity contribution in [1.29, 1.82) is 0 Å². The van der Waals surface area contributed by atoms with Crippen LogP contribution in [0.2, 0.25) is 5.02 Å². The molecule has 0 saturated heterocycles. The number of carbonyl (C=O) groups is 1. The second-order valence-electron chi connectivity index (χ2n) is 5.36. The molecule has 1 aliphatic heterocycles. The molecule has 0 bridgehead atoms. The highest BCUT2D eigenvalue weighted by Gasteiger charge is 2.16. The van der Waals surface area contributed by atoms with Crippen molar-refractivity contribution in [2.45, 2.75) is 12.8 Å². The van der Waals surface area contributed by atoms with Crippen LogP contribution >= 0.6 is 11.6 Å². The normalized spacial score (nSPS) is 12.7. The van der Waals surface area contributed by atoms with Crippen molar-refractivity contribution in [3.8, 4) is 11.5 Å². The first-order valence-electron chi connectivity index (χ1n) is 7.61. The van der Waals surface area contributed by atoms with Crippen molar-refractivity contribution in [2.75, 3.05) is 19.8 Å². The molecule has 4 nitrogen and oxygen atoms in total. The Bertz CT molecular complexity index is 688. The van der Waals surface area contributed by atoms with Crippen molar-refractivity contribution in [3.05, 3.63) is 58.6 Å². The third-order valence-corrected chi connectivity index (χ3v) is 3.88. The van der Waals surface area contributed by atoms with Gasteiger partial charge in [-0.1, -0.05) is 41.9 Å². The van der Waals surface area contributed by atoms with Gasteiger partial charge in [-0.2, -0.15) is 0 Å². The number of carbonyl (C=O) groups excluding carboxylic acids is 1. The average Bonchev–Trinajstić information content (AvgIpc) is 2.56. The zero-order valence-corrected chi connectivity index (χ0v) is 13.4. The van der Waals surface area contributed by atoms with E-state index in [2.05, 4.69) is 5.32 Å². The monoisotopic (exact) mass is 331 g/mol. The highest BCUT2D eigenvalue weighted by molar-refractivity contribution is 6.32.